The average Bonchev–Trinajstić information content (AvgIpc) is 2.74. The molecule has 0 bridgehead atoms. The predicted octanol–water partition coefficient (Wildman–Crippen LogP) is 6.41. The van der Waals surface area contributed by atoms with Gasteiger partial charge in [-0.1, -0.05) is 91.0 Å². The van der Waals surface area contributed by atoms with Crippen molar-refractivity contribution in [1.29, 1.82) is 0 Å². The summed E-state index contributed by atoms with van der Waals surface area (Å²) in [5, 5.41) is 0. The lowest BCUT2D eigenvalue weighted by Gasteiger charge is -2.03. The van der Waals surface area contributed by atoms with E-state index in [1.165, 1.54) is 11.1 Å². The van der Waals surface area contributed by atoms with Crippen LogP contribution in [0.1, 0.15) is 17.5 Å². The van der Waals surface area contributed by atoms with Gasteiger partial charge >= 0.3 is 0 Å². The van der Waals surface area contributed by atoms with Crippen molar-refractivity contribution in [1.82, 2.24) is 9.97 Å². The van der Waals surface area contributed by atoms with Crippen LogP contribution in [-0.4, -0.2) is 9.97 Å². The maximum atomic E-state index is 4.70. The largest absolute Gasteiger partial charge is 0.252 e. The number of aromatic nitrogens is 2. The molecule has 0 atom stereocenters. The maximum absolute atomic E-state index is 4.70. The number of para-hydroxylation sites is 2. The number of allylic oxidation sites excluding steroid dienone is 2. The normalized spacial score (nSPS) is 11.6. The fourth-order valence-corrected chi connectivity index (χ4v) is 2.91. The van der Waals surface area contributed by atoms with Gasteiger partial charge in [0, 0.05) is 5.56 Å². The summed E-state index contributed by atoms with van der Waals surface area (Å²) in [4.78, 5) is 9.19. The van der Waals surface area contributed by atoms with Crippen LogP contribution < -0.4 is 0 Å². The van der Waals surface area contributed by atoms with Crippen LogP contribution in [0.3, 0.4) is 0 Å². The summed E-state index contributed by atoms with van der Waals surface area (Å²) in [5.41, 5.74) is 6.23. The Morgan fingerprint density at radius 1 is 0.630 bits per heavy atom. The molecule has 0 aliphatic carbocycles. The molecular formula is C25H20N2. The second kappa shape index (κ2) is 8.24. The van der Waals surface area contributed by atoms with Crippen molar-refractivity contribution in [3.8, 4) is 11.3 Å². The van der Waals surface area contributed by atoms with Crippen LogP contribution in [0, 0.1) is 0 Å². The molecular weight excluding hydrogens is 328 g/mol. The van der Waals surface area contributed by atoms with Gasteiger partial charge in [-0.25, -0.2) is 4.98 Å². The monoisotopic (exact) mass is 348 g/mol. The molecule has 0 amide bonds. The van der Waals surface area contributed by atoms with Crippen molar-refractivity contribution in [2.45, 2.75) is 6.42 Å². The molecule has 0 aliphatic rings. The number of benzene rings is 3. The first-order valence-corrected chi connectivity index (χ1v) is 9.09. The maximum Gasteiger partial charge on any atom is 0.0894 e. The van der Waals surface area contributed by atoms with Crippen LogP contribution in [0.2, 0.25) is 0 Å². The lowest BCUT2D eigenvalue weighted by Crippen LogP contribution is -1.88. The summed E-state index contributed by atoms with van der Waals surface area (Å²) in [6.45, 7) is 0. The Morgan fingerprint density at radius 3 is 2.00 bits per heavy atom. The predicted molar refractivity (Wildman–Crippen MR) is 114 cm³/mol. The van der Waals surface area contributed by atoms with E-state index in [1.807, 2.05) is 36.5 Å². The molecule has 2 heteroatoms. The Kier molecular flexibility index (Phi) is 5.16. The quantitative estimate of drug-likeness (QED) is 0.416. The highest BCUT2D eigenvalue weighted by Gasteiger charge is 2.02. The Hall–Kier alpha value is -3.52. The van der Waals surface area contributed by atoms with Gasteiger partial charge in [-0.3, -0.25) is 4.98 Å². The van der Waals surface area contributed by atoms with E-state index in [1.54, 1.807) is 0 Å². The highest BCUT2D eigenvalue weighted by molar-refractivity contribution is 5.77. The Morgan fingerprint density at radius 2 is 1.26 bits per heavy atom. The van der Waals surface area contributed by atoms with Crippen molar-refractivity contribution >= 4 is 23.2 Å². The highest BCUT2D eigenvalue weighted by atomic mass is 14.8. The lowest BCUT2D eigenvalue weighted by molar-refractivity contribution is 1.29. The molecule has 3 aromatic carbocycles. The molecule has 0 fully saturated rings. The second-order valence-electron chi connectivity index (χ2n) is 6.32. The van der Waals surface area contributed by atoms with Crippen molar-refractivity contribution in [2.24, 2.45) is 0 Å². The topological polar surface area (TPSA) is 25.8 Å². The van der Waals surface area contributed by atoms with Gasteiger partial charge in [-0.2, -0.15) is 0 Å². The summed E-state index contributed by atoms with van der Waals surface area (Å²) >= 11 is 0. The number of nitrogens with zero attached hydrogens (tertiary/aromatic N) is 2. The molecule has 4 aromatic rings. The summed E-state index contributed by atoms with van der Waals surface area (Å²) in [6, 6.07) is 26.7. The SMILES string of the molecule is C(=Cc1ccccc1)CC=Cc1ccc(-c2cnc3ccccc3n2)cc1. The number of fused-ring (bicyclic) bond motifs is 1. The van der Waals surface area contributed by atoms with Crippen LogP contribution >= 0.6 is 0 Å². The Labute approximate surface area is 159 Å². The number of hydrogen-bond donors (Lipinski definition) is 0. The third-order valence-electron chi connectivity index (χ3n) is 4.35. The van der Waals surface area contributed by atoms with Crippen molar-refractivity contribution in [3.05, 3.63) is 108 Å². The first-order valence-electron chi connectivity index (χ1n) is 9.09. The molecule has 27 heavy (non-hydrogen) atoms. The van der Waals surface area contributed by atoms with E-state index < -0.39 is 0 Å². The Bertz CT molecular complexity index is 1080. The number of hydrogen-bond acceptors (Lipinski definition) is 2. The summed E-state index contributed by atoms with van der Waals surface area (Å²) < 4.78 is 0. The summed E-state index contributed by atoms with van der Waals surface area (Å²) in [6.07, 6.45) is 11.4. The third kappa shape index (κ3) is 4.36. The van der Waals surface area contributed by atoms with E-state index in [2.05, 4.69) is 77.8 Å². The molecule has 1 heterocycles. The van der Waals surface area contributed by atoms with Crippen molar-refractivity contribution in [2.75, 3.05) is 0 Å². The van der Waals surface area contributed by atoms with E-state index in [0.717, 1.165) is 28.7 Å². The second-order valence-corrected chi connectivity index (χ2v) is 6.32. The first-order chi connectivity index (χ1) is 13.4. The molecule has 1 aromatic heterocycles. The minimum Gasteiger partial charge on any atom is -0.252 e. The van der Waals surface area contributed by atoms with Gasteiger partial charge in [0.2, 0.25) is 0 Å². The molecule has 4 rings (SSSR count). The van der Waals surface area contributed by atoms with Gasteiger partial charge in [0.1, 0.15) is 0 Å². The van der Waals surface area contributed by atoms with Crippen LogP contribution in [0.15, 0.2) is 97.2 Å². The molecule has 0 unspecified atom stereocenters. The molecule has 0 radical (unpaired) electrons. The van der Waals surface area contributed by atoms with Gasteiger partial charge in [-0.15, -0.1) is 0 Å². The zero-order valence-corrected chi connectivity index (χ0v) is 15.0. The van der Waals surface area contributed by atoms with E-state index in [9.17, 15) is 0 Å². The number of rotatable bonds is 5. The third-order valence-corrected chi connectivity index (χ3v) is 4.35. The van der Waals surface area contributed by atoms with E-state index in [0.29, 0.717) is 0 Å². The van der Waals surface area contributed by atoms with Gasteiger partial charge in [0.05, 0.1) is 22.9 Å². The van der Waals surface area contributed by atoms with Crippen LogP contribution in [0.25, 0.3) is 34.4 Å². The summed E-state index contributed by atoms with van der Waals surface area (Å²) in [5.74, 6) is 0. The average molecular weight is 348 g/mol. The molecule has 0 saturated carbocycles. The zero-order chi connectivity index (χ0) is 18.3. The summed E-state index contributed by atoms with van der Waals surface area (Å²) in [7, 11) is 0. The highest BCUT2D eigenvalue weighted by Crippen LogP contribution is 2.20. The molecule has 130 valence electrons. The Balaban J connectivity index is 1.41. The molecule has 0 saturated heterocycles. The lowest BCUT2D eigenvalue weighted by atomic mass is 10.1. The molecule has 0 spiro atoms. The molecule has 2 nitrogen and oxygen atoms in total. The standard InChI is InChI=1S/C25H20N2/c1-3-9-20(10-4-1)11-5-2-6-12-21-15-17-22(18-16-21)25-19-26-23-13-7-8-14-24(23)27-25/h1,3-19H,2H2. The van der Waals surface area contributed by atoms with Crippen molar-refractivity contribution in [3.63, 3.8) is 0 Å². The minimum atomic E-state index is 0.898. The van der Waals surface area contributed by atoms with Crippen molar-refractivity contribution < 1.29 is 0 Å². The van der Waals surface area contributed by atoms with E-state index in [4.69, 9.17) is 4.98 Å². The van der Waals surface area contributed by atoms with Gasteiger partial charge in [-0.05, 0) is 29.7 Å². The van der Waals surface area contributed by atoms with Gasteiger partial charge < -0.3 is 0 Å². The van der Waals surface area contributed by atoms with E-state index >= 15 is 0 Å². The van der Waals surface area contributed by atoms with Gasteiger partial charge in [0.15, 0.2) is 0 Å². The fourth-order valence-electron chi connectivity index (χ4n) is 2.91. The van der Waals surface area contributed by atoms with Crippen LogP contribution in [0.4, 0.5) is 0 Å². The van der Waals surface area contributed by atoms with Crippen LogP contribution in [0.5, 0.6) is 0 Å². The van der Waals surface area contributed by atoms with Gasteiger partial charge in [0.25, 0.3) is 0 Å². The van der Waals surface area contributed by atoms with E-state index in [-0.39, 0.29) is 0 Å². The molecule has 0 N–H and O–H groups in total. The zero-order valence-electron chi connectivity index (χ0n) is 15.0. The first kappa shape index (κ1) is 16.9. The smallest absolute Gasteiger partial charge is 0.0894 e. The fraction of sp³-hybridized carbons (Fsp3) is 0.0400. The van der Waals surface area contributed by atoms with Crippen LogP contribution in [-0.2, 0) is 0 Å². The molecule has 0 aliphatic heterocycles. The minimum absolute atomic E-state index is 0.898.